The molecule has 0 aliphatic rings. The average Bonchev–Trinajstić information content (AvgIpc) is 2.59. The van der Waals surface area contributed by atoms with Gasteiger partial charge in [0.15, 0.2) is 0 Å². The van der Waals surface area contributed by atoms with Crippen LogP contribution >= 0.6 is 0 Å². The Hall–Kier alpha value is -1.20. The lowest BCUT2D eigenvalue weighted by Gasteiger charge is -2.22. The molecular formula is C14H24N2O7. The minimum Gasteiger partial charge on any atom is -0.394 e. The second kappa shape index (κ2) is 9.83. The molecule has 0 aliphatic heterocycles. The summed E-state index contributed by atoms with van der Waals surface area (Å²) in [5.41, 5.74) is 0.494. The summed E-state index contributed by atoms with van der Waals surface area (Å²) in [6, 6.07) is 0. The fourth-order valence-corrected chi connectivity index (χ4v) is 1.96. The maximum Gasteiger partial charge on any atom is 0.126 e. The van der Waals surface area contributed by atoms with Crippen LogP contribution < -0.4 is 0 Å². The molecule has 0 amide bonds. The fourth-order valence-electron chi connectivity index (χ4n) is 1.96. The molecule has 0 radical (unpaired) electrons. The van der Waals surface area contributed by atoms with Gasteiger partial charge in [-0.25, -0.2) is 0 Å². The predicted molar refractivity (Wildman–Crippen MR) is 78.3 cm³/mol. The van der Waals surface area contributed by atoms with Gasteiger partial charge < -0.3 is 35.4 Å². The molecule has 0 aliphatic carbocycles. The van der Waals surface area contributed by atoms with Crippen LogP contribution in [-0.2, 0) is 11.2 Å². The van der Waals surface area contributed by atoms with E-state index in [1.54, 1.807) is 6.92 Å². The summed E-state index contributed by atoms with van der Waals surface area (Å²) in [4.78, 5) is 8.01. The molecule has 9 nitrogen and oxygen atoms in total. The first-order chi connectivity index (χ1) is 10.9. The summed E-state index contributed by atoms with van der Waals surface area (Å²) in [6.07, 6.45) is -3.50. The van der Waals surface area contributed by atoms with E-state index in [1.165, 1.54) is 12.4 Å². The largest absolute Gasteiger partial charge is 0.394 e. The quantitative estimate of drug-likeness (QED) is 0.273. The van der Waals surface area contributed by atoms with Crippen LogP contribution in [0.15, 0.2) is 12.4 Å². The molecule has 5 atom stereocenters. The molecule has 0 aromatic carbocycles. The van der Waals surface area contributed by atoms with Gasteiger partial charge in [0.05, 0.1) is 36.9 Å². The Morgan fingerprint density at radius 3 is 2.13 bits per heavy atom. The van der Waals surface area contributed by atoms with Crippen LogP contribution in [0, 0.1) is 0 Å². The Labute approximate surface area is 133 Å². The lowest BCUT2D eigenvalue weighted by atomic mass is 10.1. The SMILES string of the molecule is CCO[C@@H](Cc1cnc([C@@H](O)[C@H](O)[C@H](O)CO)cn1)[C@H](O)CO. The summed E-state index contributed by atoms with van der Waals surface area (Å²) in [5, 5.41) is 56.2. The molecule has 0 saturated carbocycles. The Balaban J connectivity index is 2.75. The number of hydrogen-bond donors (Lipinski definition) is 6. The lowest BCUT2D eigenvalue weighted by molar-refractivity contribution is -0.0790. The van der Waals surface area contributed by atoms with E-state index in [-0.39, 0.29) is 12.1 Å². The van der Waals surface area contributed by atoms with Crippen LogP contribution in [0.2, 0.25) is 0 Å². The first kappa shape index (κ1) is 19.8. The van der Waals surface area contributed by atoms with Crippen LogP contribution in [0.25, 0.3) is 0 Å². The molecule has 0 saturated heterocycles. The van der Waals surface area contributed by atoms with E-state index >= 15 is 0 Å². The van der Waals surface area contributed by atoms with Crippen LogP contribution in [0.5, 0.6) is 0 Å². The summed E-state index contributed by atoms with van der Waals surface area (Å²) < 4.78 is 5.33. The van der Waals surface area contributed by atoms with Crippen molar-refractivity contribution in [1.29, 1.82) is 0 Å². The zero-order valence-electron chi connectivity index (χ0n) is 12.9. The van der Waals surface area contributed by atoms with E-state index < -0.39 is 43.7 Å². The summed E-state index contributed by atoms with van der Waals surface area (Å²) >= 11 is 0. The van der Waals surface area contributed by atoms with Crippen molar-refractivity contribution in [3.63, 3.8) is 0 Å². The van der Waals surface area contributed by atoms with Crippen molar-refractivity contribution in [2.24, 2.45) is 0 Å². The monoisotopic (exact) mass is 332 g/mol. The minimum atomic E-state index is -1.59. The van der Waals surface area contributed by atoms with Crippen LogP contribution in [0.1, 0.15) is 24.4 Å². The molecule has 1 aromatic heterocycles. The minimum absolute atomic E-state index is 0.0319. The van der Waals surface area contributed by atoms with E-state index in [4.69, 9.17) is 14.9 Å². The molecule has 1 rings (SSSR count). The third kappa shape index (κ3) is 5.74. The van der Waals surface area contributed by atoms with Gasteiger partial charge in [0.1, 0.15) is 24.4 Å². The van der Waals surface area contributed by atoms with Gasteiger partial charge in [-0.05, 0) is 6.92 Å². The van der Waals surface area contributed by atoms with Crippen LogP contribution in [0.4, 0.5) is 0 Å². The van der Waals surface area contributed by atoms with Crippen molar-refractivity contribution in [2.45, 2.75) is 43.9 Å². The number of aliphatic hydroxyl groups is 6. The summed E-state index contributed by atoms with van der Waals surface area (Å²) in [7, 11) is 0. The molecule has 0 unspecified atom stereocenters. The normalized spacial score (nSPS) is 18.2. The van der Waals surface area contributed by atoms with E-state index in [0.717, 1.165) is 0 Å². The fraction of sp³-hybridized carbons (Fsp3) is 0.714. The zero-order valence-corrected chi connectivity index (χ0v) is 12.9. The lowest BCUT2D eigenvalue weighted by Crippen LogP contribution is -2.35. The topological polar surface area (TPSA) is 156 Å². The van der Waals surface area contributed by atoms with Gasteiger partial charge in [-0.15, -0.1) is 0 Å². The van der Waals surface area contributed by atoms with Crippen molar-refractivity contribution in [3.8, 4) is 0 Å². The molecule has 23 heavy (non-hydrogen) atoms. The van der Waals surface area contributed by atoms with Gasteiger partial charge in [-0.3, -0.25) is 9.97 Å². The molecule has 0 bridgehead atoms. The number of aromatic nitrogens is 2. The van der Waals surface area contributed by atoms with Crippen molar-refractivity contribution >= 4 is 0 Å². The molecule has 9 heteroatoms. The highest BCUT2D eigenvalue weighted by Gasteiger charge is 2.27. The molecule has 132 valence electrons. The van der Waals surface area contributed by atoms with Gasteiger partial charge in [0, 0.05) is 19.2 Å². The van der Waals surface area contributed by atoms with Gasteiger partial charge >= 0.3 is 0 Å². The number of hydrogen-bond acceptors (Lipinski definition) is 9. The predicted octanol–water partition coefficient (Wildman–Crippen LogP) is -2.48. The molecule has 0 spiro atoms. The highest BCUT2D eigenvalue weighted by atomic mass is 16.5. The van der Waals surface area contributed by atoms with E-state index in [0.29, 0.717) is 12.3 Å². The summed E-state index contributed by atoms with van der Waals surface area (Å²) in [5.74, 6) is 0. The Bertz CT molecular complexity index is 445. The van der Waals surface area contributed by atoms with Crippen molar-refractivity contribution < 1.29 is 35.4 Å². The van der Waals surface area contributed by atoms with Crippen LogP contribution in [0.3, 0.4) is 0 Å². The second-order valence-corrected chi connectivity index (χ2v) is 5.07. The molecule has 1 heterocycles. The summed E-state index contributed by atoms with van der Waals surface area (Å²) in [6.45, 7) is 0.978. The van der Waals surface area contributed by atoms with Crippen molar-refractivity contribution in [2.75, 3.05) is 19.8 Å². The maximum absolute atomic E-state index is 9.85. The van der Waals surface area contributed by atoms with E-state index in [2.05, 4.69) is 9.97 Å². The first-order valence-electron chi connectivity index (χ1n) is 7.30. The highest BCUT2D eigenvalue weighted by molar-refractivity contribution is 5.08. The van der Waals surface area contributed by atoms with Crippen molar-refractivity contribution in [3.05, 3.63) is 23.8 Å². The third-order valence-corrected chi connectivity index (χ3v) is 3.34. The van der Waals surface area contributed by atoms with E-state index in [9.17, 15) is 20.4 Å². The molecular weight excluding hydrogens is 308 g/mol. The number of ether oxygens (including phenoxy) is 1. The smallest absolute Gasteiger partial charge is 0.126 e. The van der Waals surface area contributed by atoms with Gasteiger partial charge in [-0.2, -0.15) is 0 Å². The molecule has 6 N–H and O–H groups in total. The standard InChI is InChI=1S/C14H24N2O7/c1-2-23-12(10(19)6-17)3-8-4-16-9(5-15-8)13(21)14(22)11(20)7-18/h4-5,10-14,17-22H,2-3,6-7H2,1H3/t10-,11-,12+,13-,14-/m1/s1. The van der Waals surface area contributed by atoms with Crippen molar-refractivity contribution in [1.82, 2.24) is 9.97 Å². The van der Waals surface area contributed by atoms with Gasteiger partial charge in [0.2, 0.25) is 0 Å². The number of aliphatic hydroxyl groups excluding tert-OH is 6. The maximum atomic E-state index is 9.85. The molecule has 0 fully saturated rings. The number of rotatable bonds is 10. The Morgan fingerprint density at radius 2 is 1.65 bits per heavy atom. The van der Waals surface area contributed by atoms with Gasteiger partial charge in [0.25, 0.3) is 0 Å². The number of nitrogens with zero attached hydrogens (tertiary/aromatic N) is 2. The first-order valence-corrected chi connectivity index (χ1v) is 7.30. The van der Waals surface area contributed by atoms with Gasteiger partial charge in [-0.1, -0.05) is 0 Å². The Morgan fingerprint density at radius 1 is 1.00 bits per heavy atom. The van der Waals surface area contributed by atoms with E-state index in [1.807, 2.05) is 0 Å². The third-order valence-electron chi connectivity index (χ3n) is 3.34. The molecule has 1 aromatic rings. The zero-order chi connectivity index (χ0) is 17.4. The highest BCUT2D eigenvalue weighted by Crippen LogP contribution is 2.17. The average molecular weight is 332 g/mol. The van der Waals surface area contributed by atoms with Crippen LogP contribution in [-0.4, -0.2) is 84.8 Å². The Kier molecular flexibility index (Phi) is 8.48. The second-order valence-electron chi connectivity index (χ2n) is 5.07.